The summed E-state index contributed by atoms with van der Waals surface area (Å²) in [5.74, 6) is -0.736. The number of carbonyl (C=O) groups excluding carboxylic acids is 1. The van der Waals surface area contributed by atoms with Gasteiger partial charge in [0.2, 0.25) is 0 Å². The number of hydrogen-bond acceptors (Lipinski definition) is 3. The Morgan fingerprint density at radius 3 is 1.97 bits per heavy atom. The average Bonchev–Trinajstić information content (AvgIpc) is 2.74. The zero-order valence-electron chi connectivity index (χ0n) is 17.0. The molecule has 0 heterocycles. The maximum absolute atomic E-state index is 13.4. The Hall–Kier alpha value is -3.44. The van der Waals surface area contributed by atoms with Crippen LogP contribution in [0.2, 0.25) is 0 Å². The van der Waals surface area contributed by atoms with Crippen molar-refractivity contribution in [1.29, 1.82) is 0 Å². The number of anilines is 1. The maximum Gasteiger partial charge on any atom is 0.271 e. The molecule has 3 rings (SSSR count). The van der Waals surface area contributed by atoms with Crippen LogP contribution in [0.15, 0.2) is 96.9 Å². The molecule has 0 aliphatic heterocycles. The second-order valence-corrected chi connectivity index (χ2v) is 8.77. The summed E-state index contributed by atoms with van der Waals surface area (Å²) in [5.41, 5.74) is 4.26. The first-order chi connectivity index (χ1) is 14.3. The van der Waals surface area contributed by atoms with E-state index in [2.05, 4.69) is 13.2 Å². The lowest BCUT2D eigenvalue weighted by Gasteiger charge is -2.24. The van der Waals surface area contributed by atoms with Gasteiger partial charge in [-0.25, -0.2) is 8.42 Å². The summed E-state index contributed by atoms with van der Waals surface area (Å²) in [6.45, 7) is 11.5. The van der Waals surface area contributed by atoms with E-state index in [1.807, 2.05) is 38.1 Å². The van der Waals surface area contributed by atoms with E-state index in [4.69, 9.17) is 0 Å². The Bertz CT molecular complexity index is 1210. The van der Waals surface area contributed by atoms with E-state index < -0.39 is 15.9 Å². The highest BCUT2D eigenvalue weighted by atomic mass is 32.2. The number of rotatable bonds is 6. The van der Waals surface area contributed by atoms with Crippen LogP contribution in [0.3, 0.4) is 0 Å². The van der Waals surface area contributed by atoms with Crippen LogP contribution in [0.25, 0.3) is 5.57 Å². The third-order valence-corrected chi connectivity index (χ3v) is 6.51. The van der Waals surface area contributed by atoms with Crippen molar-refractivity contribution < 1.29 is 13.2 Å². The molecule has 0 aromatic heterocycles. The molecule has 0 aliphatic rings. The first-order valence-electron chi connectivity index (χ1n) is 9.39. The normalized spacial score (nSPS) is 11.0. The summed E-state index contributed by atoms with van der Waals surface area (Å²) in [7, 11) is -4.16. The molecule has 3 aromatic carbocycles. The number of aryl methyl sites for hydroxylation is 2. The van der Waals surface area contributed by atoms with Gasteiger partial charge in [-0.1, -0.05) is 78.9 Å². The molecule has 0 radical (unpaired) electrons. The molecule has 0 aliphatic carbocycles. The second kappa shape index (κ2) is 8.51. The lowest BCUT2D eigenvalue weighted by molar-refractivity contribution is -0.113. The minimum absolute atomic E-state index is 0.0269. The third-order valence-electron chi connectivity index (χ3n) is 4.78. The molecule has 30 heavy (non-hydrogen) atoms. The molecule has 5 heteroatoms. The summed E-state index contributed by atoms with van der Waals surface area (Å²) in [5, 5.41) is 0. The van der Waals surface area contributed by atoms with E-state index in [0.29, 0.717) is 11.1 Å². The van der Waals surface area contributed by atoms with Crippen LogP contribution in [0.4, 0.5) is 5.69 Å². The van der Waals surface area contributed by atoms with Crippen molar-refractivity contribution in [3.05, 3.63) is 114 Å². The lowest BCUT2D eigenvalue weighted by Crippen LogP contribution is -2.36. The van der Waals surface area contributed by atoms with Crippen LogP contribution in [0, 0.1) is 13.8 Å². The van der Waals surface area contributed by atoms with Gasteiger partial charge in [-0.05, 0) is 49.3 Å². The topological polar surface area (TPSA) is 54.5 Å². The second-order valence-electron chi connectivity index (χ2n) is 6.99. The number of hydrogen-bond donors (Lipinski definition) is 0. The molecule has 0 N–H and O–H groups in total. The molecule has 0 saturated heterocycles. The molecule has 1 amide bonds. The maximum atomic E-state index is 13.4. The molecular weight excluding hydrogens is 394 g/mol. The van der Waals surface area contributed by atoms with Gasteiger partial charge in [0.25, 0.3) is 15.9 Å². The lowest BCUT2D eigenvalue weighted by atomic mass is 9.97. The van der Waals surface area contributed by atoms with Crippen molar-refractivity contribution in [2.75, 3.05) is 4.31 Å². The number of benzene rings is 3. The molecule has 0 fully saturated rings. The molecule has 0 saturated carbocycles. The van der Waals surface area contributed by atoms with Crippen molar-refractivity contribution in [2.24, 2.45) is 0 Å². The van der Waals surface area contributed by atoms with Crippen LogP contribution in [0.1, 0.15) is 22.3 Å². The van der Waals surface area contributed by atoms with E-state index in [1.54, 1.807) is 36.4 Å². The van der Waals surface area contributed by atoms with Gasteiger partial charge in [-0.2, -0.15) is 4.31 Å². The number of amides is 1. The van der Waals surface area contributed by atoms with Gasteiger partial charge in [0.05, 0.1) is 10.6 Å². The predicted molar refractivity (Wildman–Crippen MR) is 122 cm³/mol. The largest absolute Gasteiger partial charge is 0.271 e. The van der Waals surface area contributed by atoms with E-state index in [1.165, 1.54) is 12.1 Å². The monoisotopic (exact) mass is 417 g/mol. The van der Waals surface area contributed by atoms with Crippen molar-refractivity contribution in [3.8, 4) is 0 Å². The molecule has 152 valence electrons. The zero-order chi connectivity index (χ0) is 21.9. The Balaban J connectivity index is 2.18. The molecular formula is C25H23NO3S. The first-order valence-corrected chi connectivity index (χ1v) is 10.8. The van der Waals surface area contributed by atoms with Gasteiger partial charge in [0, 0.05) is 5.56 Å². The number of sulfonamides is 1. The van der Waals surface area contributed by atoms with Gasteiger partial charge >= 0.3 is 0 Å². The molecule has 0 bridgehead atoms. The van der Waals surface area contributed by atoms with Gasteiger partial charge in [0.1, 0.15) is 0 Å². The fourth-order valence-corrected chi connectivity index (χ4v) is 4.50. The molecule has 4 nitrogen and oxygen atoms in total. The Labute approximate surface area is 177 Å². The molecule has 0 unspecified atom stereocenters. The van der Waals surface area contributed by atoms with Crippen molar-refractivity contribution in [1.82, 2.24) is 0 Å². The van der Waals surface area contributed by atoms with Crippen LogP contribution in [-0.2, 0) is 14.8 Å². The summed E-state index contributed by atoms with van der Waals surface area (Å²) < 4.78 is 27.6. The van der Waals surface area contributed by atoms with E-state index >= 15 is 0 Å². The average molecular weight is 418 g/mol. The van der Waals surface area contributed by atoms with Crippen LogP contribution < -0.4 is 4.31 Å². The van der Waals surface area contributed by atoms with Crippen LogP contribution in [0.5, 0.6) is 0 Å². The summed E-state index contributed by atoms with van der Waals surface area (Å²) >= 11 is 0. The Morgan fingerprint density at radius 1 is 0.867 bits per heavy atom. The third kappa shape index (κ3) is 4.11. The number of carbonyl (C=O) groups is 1. The fourth-order valence-electron chi connectivity index (χ4n) is 3.08. The summed E-state index contributed by atoms with van der Waals surface area (Å²) in [4.78, 5) is 12.8. The minimum atomic E-state index is -4.16. The van der Waals surface area contributed by atoms with Gasteiger partial charge in [0.15, 0.2) is 0 Å². The SMILES string of the molecule is C=CC(=O)N(c1ccccc1C(=C)c1ccc(C)cc1)S(=O)(=O)c1ccc(C)cc1. The zero-order valence-corrected chi connectivity index (χ0v) is 17.8. The van der Waals surface area contributed by atoms with E-state index in [9.17, 15) is 13.2 Å². The minimum Gasteiger partial charge on any atom is -0.268 e. The Kier molecular flexibility index (Phi) is 6.04. The summed E-state index contributed by atoms with van der Waals surface area (Å²) in [6, 6.07) is 21.0. The molecule has 3 aromatic rings. The van der Waals surface area contributed by atoms with Crippen molar-refractivity contribution in [3.63, 3.8) is 0 Å². The first kappa shape index (κ1) is 21.3. The van der Waals surface area contributed by atoms with E-state index in [0.717, 1.165) is 27.1 Å². The van der Waals surface area contributed by atoms with Crippen molar-refractivity contribution >= 4 is 27.2 Å². The van der Waals surface area contributed by atoms with Gasteiger partial charge in [-0.3, -0.25) is 4.79 Å². The number of nitrogens with zero attached hydrogens (tertiary/aromatic N) is 1. The molecule has 0 spiro atoms. The molecule has 0 atom stereocenters. The highest BCUT2D eigenvalue weighted by Gasteiger charge is 2.31. The fraction of sp³-hybridized carbons (Fsp3) is 0.0800. The quantitative estimate of drug-likeness (QED) is 0.513. The van der Waals surface area contributed by atoms with Crippen molar-refractivity contribution in [2.45, 2.75) is 18.7 Å². The highest BCUT2D eigenvalue weighted by molar-refractivity contribution is 7.93. The number of para-hydroxylation sites is 1. The van der Waals surface area contributed by atoms with Gasteiger partial charge < -0.3 is 0 Å². The summed E-state index contributed by atoms with van der Waals surface area (Å²) in [6.07, 6.45) is 0.997. The van der Waals surface area contributed by atoms with Crippen LogP contribution >= 0.6 is 0 Å². The predicted octanol–water partition coefficient (Wildman–Crippen LogP) is 5.27. The standard InChI is InChI=1S/C25H23NO3S/c1-5-25(27)26(30(28,29)22-16-12-19(3)13-17-22)24-9-7-6-8-23(24)20(4)21-14-10-18(2)11-15-21/h5-17H,1,4H2,2-3H3. The highest BCUT2D eigenvalue weighted by Crippen LogP contribution is 2.34. The van der Waals surface area contributed by atoms with Gasteiger partial charge in [-0.15, -0.1) is 0 Å². The van der Waals surface area contributed by atoms with Crippen LogP contribution in [-0.4, -0.2) is 14.3 Å². The van der Waals surface area contributed by atoms with E-state index in [-0.39, 0.29) is 10.6 Å². The smallest absolute Gasteiger partial charge is 0.268 e. The Morgan fingerprint density at radius 2 is 1.40 bits per heavy atom.